The van der Waals surface area contributed by atoms with Gasteiger partial charge in [0.05, 0.1) is 27.8 Å². The number of nitrogens with one attached hydrogen (secondary N) is 2. The van der Waals surface area contributed by atoms with Crippen LogP contribution < -0.4 is 15.5 Å². The van der Waals surface area contributed by atoms with Gasteiger partial charge in [0.15, 0.2) is 14.1 Å². The van der Waals surface area contributed by atoms with Crippen LogP contribution >= 0.6 is 11.6 Å². The Morgan fingerprint density at radius 1 is 0.960 bits per heavy atom. The van der Waals surface area contributed by atoms with Crippen LogP contribution in [-0.2, 0) is 21.9 Å². The Labute approximate surface area is 296 Å². The maximum atomic E-state index is 13.6. The zero-order valence-electron chi connectivity index (χ0n) is 29.6. The molecular formula is C37H43ClF3N5O3Si. The summed E-state index contributed by atoms with van der Waals surface area (Å²) in [5.41, 5.74) is 0.619. The summed E-state index contributed by atoms with van der Waals surface area (Å²) in [7, 11) is -2.02. The standard InChI is InChI=1S/C37H43ClF3N5O3Si/c1-35(2,3)34(48)42-19-22-12-15-29(38)28(16-22)33(47)43-25-13-14-27-30(18-25)44-31(23-10-9-11-24(17-23)37(39,40)41)45-32(27)46-20-26(21-46)49-50(7,8)36(4,5)6/h9-18,26H,19-21H2,1-8H3,(H,42,48)(H,43,47). The first-order valence-corrected chi connectivity index (χ1v) is 19.7. The molecular weight excluding hydrogens is 683 g/mol. The van der Waals surface area contributed by atoms with E-state index in [2.05, 4.69) is 49.5 Å². The molecule has 5 rings (SSSR count). The number of hydrogen-bond acceptors (Lipinski definition) is 6. The summed E-state index contributed by atoms with van der Waals surface area (Å²) >= 11 is 6.41. The van der Waals surface area contributed by atoms with E-state index in [4.69, 9.17) is 21.0 Å². The molecule has 1 saturated heterocycles. The first-order valence-electron chi connectivity index (χ1n) is 16.4. The number of anilines is 2. The number of carbonyl (C=O) groups excluding carboxylic acids is 2. The summed E-state index contributed by atoms with van der Waals surface area (Å²) in [6.07, 6.45) is -4.53. The molecule has 0 unspecified atom stereocenters. The Balaban J connectivity index is 1.46. The monoisotopic (exact) mass is 725 g/mol. The van der Waals surface area contributed by atoms with Gasteiger partial charge in [-0.1, -0.05) is 71.3 Å². The minimum atomic E-state index is -4.53. The van der Waals surface area contributed by atoms with Crippen molar-refractivity contribution < 1.29 is 27.2 Å². The van der Waals surface area contributed by atoms with E-state index < -0.39 is 31.4 Å². The average molecular weight is 726 g/mol. The molecule has 0 spiro atoms. The van der Waals surface area contributed by atoms with E-state index in [-0.39, 0.29) is 45.6 Å². The Hall–Kier alpha value is -4.00. The van der Waals surface area contributed by atoms with Gasteiger partial charge in [0.1, 0.15) is 5.82 Å². The normalized spacial score (nSPS) is 14.4. The molecule has 8 nitrogen and oxygen atoms in total. The lowest BCUT2D eigenvalue weighted by Gasteiger charge is -2.47. The van der Waals surface area contributed by atoms with Gasteiger partial charge in [-0.05, 0) is 66.2 Å². The zero-order chi connectivity index (χ0) is 36.8. The predicted molar refractivity (Wildman–Crippen MR) is 195 cm³/mol. The van der Waals surface area contributed by atoms with Crippen LogP contribution in [0.2, 0.25) is 23.2 Å². The highest BCUT2D eigenvalue weighted by atomic mass is 35.5. The summed E-state index contributed by atoms with van der Waals surface area (Å²) in [5, 5.41) is 6.69. The van der Waals surface area contributed by atoms with Gasteiger partial charge in [0.2, 0.25) is 5.91 Å². The van der Waals surface area contributed by atoms with Gasteiger partial charge in [0.25, 0.3) is 5.91 Å². The van der Waals surface area contributed by atoms with Gasteiger partial charge in [0, 0.05) is 41.7 Å². The second-order valence-electron chi connectivity index (χ2n) is 15.3. The van der Waals surface area contributed by atoms with E-state index in [9.17, 15) is 22.8 Å². The molecule has 0 atom stereocenters. The number of fused-ring (bicyclic) bond motifs is 1. The lowest BCUT2D eigenvalue weighted by Crippen LogP contribution is -2.58. The fourth-order valence-corrected chi connectivity index (χ4v) is 6.72. The molecule has 0 saturated carbocycles. The smallest absolute Gasteiger partial charge is 0.410 e. The van der Waals surface area contributed by atoms with Crippen molar-refractivity contribution in [1.82, 2.24) is 15.3 Å². The van der Waals surface area contributed by atoms with Crippen LogP contribution in [0.3, 0.4) is 0 Å². The van der Waals surface area contributed by atoms with Gasteiger partial charge in [-0.15, -0.1) is 0 Å². The average Bonchev–Trinajstić information content (AvgIpc) is 3.00. The quantitative estimate of drug-likeness (QED) is 0.176. The summed E-state index contributed by atoms with van der Waals surface area (Å²) < 4.78 is 47.5. The highest BCUT2D eigenvalue weighted by molar-refractivity contribution is 6.74. The van der Waals surface area contributed by atoms with Crippen molar-refractivity contribution >= 4 is 54.1 Å². The predicted octanol–water partition coefficient (Wildman–Crippen LogP) is 9.09. The van der Waals surface area contributed by atoms with Gasteiger partial charge >= 0.3 is 6.18 Å². The molecule has 2 N–H and O–H groups in total. The van der Waals surface area contributed by atoms with Crippen LogP contribution in [0.15, 0.2) is 60.7 Å². The van der Waals surface area contributed by atoms with Crippen molar-refractivity contribution in [3.63, 3.8) is 0 Å². The molecule has 2 amide bonds. The first kappa shape index (κ1) is 37.3. The first-order chi connectivity index (χ1) is 23.1. The molecule has 1 aliphatic heterocycles. The van der Waals surface area contributed by atoms with Crippen LogP contribution in [0, 0.1) is 5.41 Å². The number of hydrogen-bond donors (Lipinski definition) is 2. The minimum Gasteiger partial charge on any atom is -0.410 e. The molecule has 1 aromatic heterocycles. The van der Waals surface area contributed by atoms with Crippen LogP contribution in [0.25, 0.3) is 22.3 Å². The van der Waals surface area contributed by atoms with Crippen molar-refractivity contribution in [3.05, 3.63) is 82.4 Å². The number of rotatable bonds is 8. The maximum Gasteiger partial charge on any atom is 0.416 e. The van der Waals surface area contributed by atoms with E-state index in [1.54, 1.807) is 42.5 Å². The number of alkyl halides is 3. The summed E-state index contributed by atoms with van der Waals surface area (Å²) in [6, 6.07) is 15.1. The zero-order valence-corrected chi connectivity index (χ0v) is 31.3. The van der Waals surface area contributed by atoms with Crippen LogP contribution in [0.1, 0.15) is 63.0 Å². The highest BCUT2D eigenvalue weighted by Gasteiger charge is 2.42. The summed E-state index contributed by atoms with van der Waals surface area (Å²) in [6.45, 7) is 17.8. The molecule has 0 bridgehead atoms. The molecule has 0 radical (unpaired) electrons. The number of benzene rings is 3. The molecule has 266 valence electrons. The Bertz CT molecular complexity index is 1930. The third kappa shape index (κ3) is 8.30. The molecule has 0 aliphatic carbocycles. The summed E-state index contributed by atoms with van der Waals surface area (Å²) in [4.78, 5) is 37.3. The van der Waals surface area contributed by atoms with E-state index >= 15 is 0 Å². The van der Waals surface area contributed by atoms with Crippen LogP contribution in [-0.4, -0.2) is 49.3 Å². The Morgan fingerprint density at radius 3 is 2.30 bits per heavy atom. The molecule has 4 aromatic rings. The lowest BCUT2D eigenvalue weighted by atomic mass is 9.95. The van der Waals surface area contributed by atoms with Crippen molar-refractivity contribution in [3.8, 4) is 11.4 Å². The van der Waals surface area contributed by atoms with Gasteiger partial charge < -0.3 is 20.0 Å². The molecule has 2 heterocycles. The molecule has 1 aliphatic rings. The fraction of sp³-hybridized carbons (Fsp3) is 0.405. The SMILES string of the molecule is CC(C)(C)C(=O)NCc1ccc(Cl)c(C(=O)Nc2ccc3c(N4CC(O[Si](C)(C)C(C)(C)C)C4)nc(-c4cccc(C(F)(F)F)c4)nc3c2)c1. The topological polar surface area (TPSA) is 96.5 Å². The van der Waals surface area contributed by atoms with E-state index in [0.29, 0.717) is 41.1 Å². The molecule has 1 fully saturated rings. The number of aromatic nitrogens is 2. The second-order valence-corrected chi connectivity index (χ2v) is 20.5. The highest BCUT2D eigenvalue weighted by Crippen LogP contribution is 2.40. The van der Waals surface area contributed by atoms with Crippen molar-refractivity contribution in [1.29, 1.82) is 0 Å². The number of carbonyl (C=O) groups is 2. The largest absolute Gasteiger partial charge is 0.416 e. The third-order valence-electron chi connectivity index (χ3n) is 9.21. The van der Waals surface area contributed by atoms with Gasteiger partial charge in [-0.2, -0.15) is 13.2 Å². The van der Waals surface area contributed by atoms with Crippen LogP contribution in [0.5, 0.6) is 0 Å². The second kappa shape index (κ2) is 13.6. The summed E-state index contributed by atoms with van der Waals surface area (Å²) in [5.74, 6) is 0.101. The Morgan fingerprint density at radius 2 is 1.66 bits per heavy atom. The lowest BCUT2D eigenvalue weighted by molar-refractivity contribution is -0.137. The van der Waals surface area contributed by atoms with E-state index in [1.807, 2.05) is 25.7 Å². The fourth-order valence-electron chi connectivity index (χ4n) is 5.18. The van der Waals surface area contributed by atoms with Gasteiger partial charge in [-0.25, -0.2) is 9.97 Å². The van der Waals surface area contributed by atoms with Gasteiger partial charge in [-0.3, -0.25) is 9.59 Å². The Kier molecular flexibility index (Phi) is 10.1. The van der Waals surface area contributed by atoms with Crippen LogP contribution in [0.4, 0.5) is 24.7 Å². The molecule has 50 heavy (non-hydrogen) atoms. The van der Waals surface area contributed by atoms with E-state index in [0.717, 1.165) is 12.1 Å². The molecule has 13 heteroatoms. The number of amides is 2. The van der Waals surface area contributed by atoms with Crippen molar-refractivity contribution in [2.24, 2.45) is 5.41 Å². The third-order valence-corrected chi connectivity index (χ3v) is 14.1. The number of halogens is 4. The number of nitrogens with zero attached hydrogens (tertiary/aromatic N) is 3. The van der Waals surface area contributed by atoms with Crippen molar-refractivity contribution in [2.45, 2.75) is 78.5 Å². The molecule has 3 aromatic carbocycles. The minimum absolute atomic E-state index is 0.00114. The maximum absolute atomic E-state index is 13.6. The van der Waals surface area contributed by atoms with E-state index in [1.165, 1.54) is 6.07 Å². The van der Waals surface area contributed by atoms with Crippen molar-refractivity contribution in [2.75, 3.05) is 23.3 Å².